The Balaban J connectivity index is 1.75. The number of hydrogen-bond donors (Lipinski definition) is 1. The number of hydrogen-bond acceptors (Lipinski definition) is 4. The number of aryl methyl sites for hydroxylation is 2. The van der Waals surface area contributed by atoms with Crippen molar-refractivity contribution in [2.24, 2.45) is 5.18 Å². The molecule has 0 aliphatic rings. The van der Waals surface area contributed by atoms with Gasteiger partial charge in [-0.2, -0.15) is 0 Å². The van der Waals surface area contributed by atoms with Crippen molar-refractivity contribution in [2.75, 3.05) is 6.61 Å². The van der Waals surface area contributed by atoms with Crippen molar-refractivity contribution in [2.45, 2.75) is 19.9 Å². The lowest BCUT2D eigenvalue weighted by molar-refractivity contribution is 0.298. The normalized spacial score (nSPS) is 10.9. The molecular weight excluding hydrogens is 328 g/mol. The minimum Gasteiger partial charge on any atom is -0.493 e. The number of nitroso groups, excluding NO2 is 1. The molecule has 1 aromatic heterocycles. The summed E-state index contributed by atoms with van der Waals surface area (Å²) in [7, 11) is 0. The second-order valence-corrected chi connectivity index (χ2v) is 5.98. The Labute approximate surface area is 144 Å². The highest BCUT2D eigenvalue weighted by atomic mass is 35.5. The zero-order valence-electron chi connectivity index (χ0n) is 13.2. The Hall–Kier alpha value is -2.53. The second-order valence-electron chi connectivity index (χ2n) is 5.57. The lowest BCUT2D eigenvalue weighted by Crippen LogP contribution is -2.04. The Morgan fingerprint density at radius 3 is 2.79 bits per heavy atom. The predicted octanol–water partition coefficient (Wildman–Crippen LogP) is 5.18. The summed E-state index contributed by atoms with van der Waals surface area (Å²) < 4.78 is 7.33. The number of aromatic nitrogens is 1. The van der Waals surface area contributed by atoms with Gasteiger partial charge in [-0.25, -0.2) is 0 Å². The van der Waals surface area contributed by atoms with Gasteiger partial charge in [0.25, 0.3) is 0 Å². The number of halogens is 1. The molecule has 5 nitrogen and oxygen atoms in total. The van der Waals surface area contributed by atoms with Crippen LogP contribution in [0.4, 0.5) is 5.69 Å². The molecule has 0 unspecified atom stereocenters. The highest BCUT2D eigenvalue weighted by molar-refractivity contribution is 6.32. The van der Waals surface area contributed by atoms with Crippen LogP contribution in [0.15, 0.2) is 47.6 Å². The molecule has 3 rings (SSSR count). The number of fused-ring (bicyclic) bond motifs is 1. The van der Waals surface area contributed by atoms with Gasteiger partial charge in [-0.1, -0.05) is 35.4 Å². The molecule has 0 fully saturated rings. The van der Waals surface area contributed by atoms with Crippen LogP contribution >= 0.6 is 11.6 Å². The summed E-state index contributed by atoms with van der Waals surface area (Å²) in [5.74, 6) is 0.523. The largest absolute Gasteiger partial charge is 0.493 e. The molecule has 1 heterocycles. The molecular formula is C18H17ClN2O3. The van der Waals surface area contributed by atoms with Gasteiger partial charge < -0.3 is 14.4 Å². The number of benzene rings is 2. The van der Waals surface area contributed by atoms with Crippen LogP contribution in [0, 0.1) is 11.8 Å². The summed E-state index contributed by atoms with van der Waals surface area (Å²) in [5.41, 5.74) is 1.87. The number of rotatable bonds is 6. The van der Waals surface area contributed by atoms with Gasteiger partial charge in [0.15, 0.2) is 5.69 Å². The van der Waals surface area contributed by atoms with Crippen molar-refractivity contribution in [3.8, 4) is 11.6 Å². The van der Waals surface area contributed by atoms with E-state index in [1.165, 1.54) is 0 Å². The molecule has 0 saturated carbocycles. The molecule has 0 aliphatic heterocycles. The fourth-order valence-corrected chi connectivity index (χ4v) is 2.91. The molecule has 0 bridgehead atoms. The first kappa shape index (κ1) is 16.3. The first-order chi connectivity index (χ1) is 11.6. The van der Waals surface area contributed by atoms with E-state index >= 15 is 0 Å². The number of para-hydroxylation sites is 1. The lowest BCUT2D eigenvalue weighted by Gasteiger charge is -2.09. The summed E-state index contributed by atoms with van der Waals surface area (Å²) in [6.45, 7) is 2.88. The molecule has 0 radical (unpaired) electrons. The Kier molecular flexibility index (Phi) is 4.71. The fourth-order valence-electron chi connectivity index (χ4n) is 2.72. The van der Waals surface area contributed by atoms with Crippen LogP contribution in [0.3, 0.4) is 0 Å². The molecule has 0 spiro atoms. The van der Waals surface area contributed by atoms with Gasteiger partial charge in [0.1, 0.15) is 5.75 Å². The molecule has 1 N–H and O–H groups in total. The van der Waals surface area contributed by atoms with Crippen LogP contribution in [0.1, 0.15) is 12.0 Å². The topological polar surface area (TPSA) is 63.8 Å². The molecule has 0 saturated heterocycles. The summed E-state index contributed by atoms with van der Waals surface area (Å²) in [6, 6.07) is 12.9. The zero-order chi connectivity index (χ0) is 17.1. The third kappa shape index (κ3) is 3.08. The number of ether oxygens (including phenoxy) is 1. The minimum atomic E-state index is -0.108. The van der Waals surface area contributed by atoms with Crippen LogP contribution in [-0.4, -0.2) is 16.3 Å². The van der Waals surface area contributed by atoms with Crippen LogP contribution in [0.5, 0.6) is 11.6 Å². The molecule has 124 valence electrons. The molecule has 6 heteroatoms. The summed E-state index contributed by atoms with van der Waals surface area (Å²) in [6.07, 6.45) is 0.648. The van der Waals surface area contributed by atoms with E-state index in [0.717, 1.165) is 11.1 Å². The van der Waals surface area contributed by atoms with E-state index in [4.69, 9.17) is 16.3 Å². The fraction of sp³-hybridized carbons (Fsp3) is 0.222. The van der Waals surface area contributed by atoms with Crippen molar-refractivity contribution >= 4 is 28.2 Å². The minimum absolute atomic E-state index is 0.0840. The first-order valence-electron chi connectivity index (χ1n) is 7.64. The van der Waals surface area contributed by atoms with Gasteiger partial charge in [-0.3, -0.25) is 0 Å². The Bertz CT molecular complexity index is 889. The Morgan fingerprint density at radius 1 is 1.25 bits per heavy atom. The van der Waals surface area contributed by atoms with E-state index in [1.807, 2.05) is 43.3 Å². The van der Waals surface area contributed by atoms with Gasteiger partial charge in [0.05, 0.1) is 17.1 Å². The summed E-state index contributed by atoms with van der Waals surface area (Å²) >= 11 is 6.04. The molecule has 2 aromatic carbocycles. The van der Waals surface area contributed by atoms with Crippen LogP contribution in [-0.2, 0) is 6.54 Å². The second kappa shape index (κ2) is 6.93. The van der Waals surface area contributed by atoms with E-state index < -0.39 is 0 Å². The highest BCUT2D eigenvalue weighted by Crippen LogP contribution is 2.39. The predicted molar refractivity (Wildman–Crippen MR) is 95.4 cm³/mol. The van der Waals surface area contributed by atoms with Gasteiger partial charge in [0.2, 0.25) is 5.88 Å². The third-order valence-corrected chi connectivity index (χ3v) is 4.19. The maximum Gasteiger partial charge on any atom is 0.222 e. The highest BCUT2D eigenvalue weighted by Gasteiger charge is 2.17. The average Bonchev–Trinajstić information content (AvgIpc) is 2.83. The zero-order valence-corrected chi connectivity index (χ0v) is 14.0. The monoisotopic (exact) mass is 344 g/mol. The molecule has 3 aromatic rings. The van der Waals surface area contributed by atoms with E-state index in [1.54, 1.807) is 10.6 Å². The average molecular weight is 345 g/mol. The maximum atomic E-state index is 11.1. The van der Waals surface area contributed by atoms with Crippen LogP contribution in [0.25, 0.3) is 10.9 Å². The van der Waals surface area contributed by atoms with Crippen molar-refractivity contribution in [3.63, 3.8) is 0 Å². The summed E-state index contributed by atoms with van der Waals surface area (Å²) in [5, 5.41) is 14.5. The van der Waals surface area contributed by atoms with Gasteiger partial charge in [-0.05, 0) is 42.8 Å². The van der Waals surface area contributed by atoms with Gasteiger partial charge in [0, 0.05) is 11.9 Å². The number of nitrogens with zero attached hydrogens (tertiary/aromatic N) is 2. The maximum absolute atomic E-state index is 11.1. The standard InChI is InChI=1S/C18H17ClN2O3/c1-12-7-8-15-13(11-12)17(20-23)18(22)21(15)9-4-10-24-16-6-3-2-5-14(16)19/h2-3,5-8,11,22H,4,9-10H2,1H3. The van der Waals surface area contributed by atoms with Crippen molar-refractivity contribution < 1.29 is 9.84 Å². The van der Waals surface area contributed by atoms with Crippen molar-refractivity contribution in [3.05, 3.63) is 58.0 Å². The Morgan fingerprint density at radius 2 is 2.04 bits per heavy atom. The van der Waals surface area contributed by atoms with E-state index in [9.17, 15) is 10.0 Å². The molecule has 0 aliphatic carbocycles. The quantitative estimate of drug-likeness (QED) is 0.495. The van der Waals surface area contributed by atoms with Crippen molar-refractivity contribution in [1.29, 1.82) is 0 Å². The van der Waals surface area contributed by atoms with Gasteiger partial charge >= 0.3 is 0 Å². The van der Waals surface area contributed by atoms with Crippen LogP contribution < -0.4 is 4.74 Å². The molecule has 0 atom stereocenters. The third-order valence-electron chi connectivity index (χ3n) is 3.88. The SMILES string of the molecule is Cc1ccc2c(c1)c(N=O)c(O)n2CCCOc1ccccc1Cl. The van der Waals surface area contributed by atoms with E-state index in [-0.39, 0.29) is 11.6 Å². The summed E-state index contributed by atoms with van der Waals surface area (Å²) in [4.78, 5) is 11.1. The molecule has 24 heavy (non-hydrogen) atoms. The number of aromatic hydroxyl groups is 1. The smallest absolute Gasteiger partial charge is 0.222 e. The van der Waals surface area contributed by atoms with Gasteiger partial charge in [-0.15, -0.1) is 4.91 Å². The van der Waals surface area contributed by atoms with E-state index in [2.05, 4.69) is 5.18 Å². The van der Waals surface area contributed by atoms with Crippen LogP contribution in [0.2, 0.25) is 5.02 Å². The molecule has 0 amide bonds. The van der Waals surface area contributed by atoms with E-state index in [0.29, 0.717) is 35.7 Å². The van der Waals surface area contributed by atoms with Crippen molar-refractivity contribution in [1.82, 2.24) is 4.57 Å². The first-order valence-corrected chi connectivity index (χ1v) is 8.02. The lowest BCUT2D eigenvalue weighted by atomic mass is 10.1.